The highest BCUT2D eigenvalue weighted by molar-refractivity contribution is 6.00. The summed E-state index contributed by atoms with van der Waals surface area (Å²) in [6.07, 6.45) is 1.29. The number of nitrogens with one attached hydrogen (secondary N) is 2. The number of hydrogen-bond acceptors (Lipinski definition) is 5. The van der Waals surface area contributed by atoms with Gasteiger partial charge in [0.1, 0.15) is 17.7 Å². The second-order valence-electron chi connectivity index (χ2n) is 13.0. The molecule has 242 valence electrons. The molecule has 9 heteroatoms. The molecule has 3 atom stereocenters. The van der Waals surface area contributed by atoms with Gasteiger partial charge in [0.25, 0.3) is 5.91 Å². The second-order valence-corrected chi connectivity index (χ2v) is 13.0. The van der Waals surface area contributed by atoms with Gasteiger partial charge in [-0.05, 0) is 95.4 Å². The minimum atomic E-state index is -1.15. The van der Waals surface area contributed by atoms with E-state index in [0.717, 1.165) is 29.5 Å². The predicted octanol–water partition coefficient (Wildman–Crippen LogP) is 6.36. The maximum absolute atomic E-state index is 14.6. The number of aryl methyl sites for hydroxylation is 3. The SMILES string of the molecule is CCc1ccc(C(C(=O)Nc2c(C)cccc2C)N(C(=O)C(CCC(N)=O)NC(=O)OC(C)(C)C)C(C)CCC(C)C)cc1. The molecule has 0 fully saturated rings. The van der Waals surface area contributed by atoms with E-state index in [9.17, 15) is 19.2 Å². The highest BCUT2D eigenvalue weighted by atomic mass is 16.6. The van der Waals surface area contributed by atoms with Crippen molar-refractivity contribution in [3.8, 4) is 0 Å². The zero-order chi connectivity index (χ0) is 33.2. The van der Waals surface area contributed by atoms with Crippen LogP contribution >= 0.6 is 0 Å². The zero-order valence-electron chi connectivity index (χ0n) is 28.0. The fraction of sp³-hybridized carbons (Fsp3) is 0.543. The van der Waals surface area contributed by atoms with Crippen molar-refractivity contribution in [1.29, 1.82) is 0 Å². The van der Waals surface area contributed by atoms with Crippen molar-refractivity contribution in [3.05, 3.63) is 64.7 Å². The first-order chi connectivity index (χ1) is 20.5. The maximum atomic E-state index is 14.6. The van der Waals surface area contributed by atoms with Crippen LogP contribution in [0.25, 0.3) is 0 Å². The van der Waals surface area contributed by atoms with E-state index >= 15 is 0 Å². The number of para-hydroxylation sites is 1. The van der Waals surface area contributed by atoms with Gasteiger partial charge < -0.3 is 26.0 Å². The van der Waals surface area contributed by atoms with E-state index in [-0.39, 0.29) is 24.8 Å². The van der Waals surface area contributed by atoms with Crippen molar-refractivity contribution in [2.75, 3.05) is 5.32 Å². The van der Waals surface area contributed by atoms with Gasteiger partial charge in [-0.1, -0.05) is 63.2 Å². The van der Waals surface area contributed by atoms with Gasteiger partial charge in [0.05, 0.1) is 0 Å². The number of nitrogens with zero attached hydrogens (tertiary/aromatic N) is 1. The molecule has 4 amide bonds. The highest BCUT2D eigenvalue weighted by Gasteiger charge is 2.39. The number of carbonyl (C=O) groups excluding carboxylic acids is 4. The summed E-state index contributed by atoms with van der Waals surface area (Å²) in [5, 5.41) is 5.77. The molecule has 0 heterocycles. The molecule has 0 saturated heterocycles. The first kappa shape index (κ1) is 36.3. The van der Waals surface area contributed by atoms with Crippen molar-refractivity contribution in [2.24, 2.45) is 11.7 Å². The monoisotopic (exact) mass is 608 g/mol. The molecule has 44 heavy (non-hydrogen) atoms. The quantitative estimate of drug-likeness (QED) is 0.230. The van der Waals surface area contributed by atoms with Gasteiger partial charge in [0.15, 0.2) is 0 Å². The number of alkyl carbamates (subject to hydrolysis) is 1. The van der Waals surface area contributed by atoms with Gasteiger partial charge in [0.2, 0.25) is 11.8 Å². The lowest BCUT2D eigenvalue weighted by atomic mass is 9.95. The van der Waals surface area contributed by atoms with Crippen LogP contribution in [0.3, 0.4) is 0 Å². The lowest BCUT2D eigenvalue weighted by molar-refractivity contribution is -0.143. The Balaban J connectivity index is 2.69. The summed E-state index contributed by atoms with van der Waals surface area (Å²) in [6, 6.07) is 10.9. The average Bonchev–Trinajstić information content (AvgIpc) is 2.93. The van der Waals surface area contributed by atoms with Crippen molar-refractivity contribution >= 4 is 29.5 Å². The number of benzene rings is 2. The van der Waals surface area contributed by atoms with E-state index in [4.69, 9.17) is 10.5 Å². The Labute approximate surface area is 263 Å². The van der Waals surface area contributed by atoms with Gasteiger partial charge in [0, 0.05) is 18.2 Å². The predicted molar refractivity (Wildman–Crippen MR) is 175 cm³/mol. The third kappa shape index (κ3) is 11.0. The molecule has 0 saturated carbocycles. The first-order valence-electron chi connectivity index (χ1n) is 15.6. The van der Waals surface area contributed by atoms with Crippen LogP contribution < -0.4 is 16.4 Å². The largest absolute Gasteiger partial charge is 0.444 e. The van der Waals surface area contributed by atoms with E-state index in [1.165, 1.54) is 0 Å². The molecule has 0 aliphatic rings. The molecule has 9 nitrogen and oxygen atoms in total. The molecule has 2 rings (SSSR count). The first-order valence-corrected chi connectivity index (χ1v) is 15.6. The normalized spacial score (nSPS) is 13.5. The summed E-state index contributed by atoms with van der Waals surface area (Å²) >= 11 is 0. The van der Waals surface area contributed by atoms with Crippen molar-refractivity contribution < 1.29 is 23.9 Å². The van der Waals surface area contributed by atoms with Crippen LogP contribution in [0.4, 0.5) is 10.5 Å². The maximum Gasteiger partial charge on any atom is 0.408 e. The van der Waals surface area contributed by atoms with Crippen LogP contribution in [0.1, 0.15) is 102 Å². The number of anilines is 1. The topological polar surface area (TPSA) is 131 Å². The number of primary amides is 1. The molecule has 0 aromatic heterocycles. The second kappa shape index (κ2) is 16.3. The Morgan fingerprint density at radius 1 is 0.909 bits per heavy atom. The van der Waals surface area contributed by atoms with Crippen LogP contribution in [0.5, 0.6) is 0 Å². The van der Waals surface area contributed by atoms with Crippen LogP contribution in [0.15, 0.2) is 42.5 Å². The molecule has 0 spiro atoms. The van der Waals surface area contributed by atoms with E-state index < -0.39 is 35.6 Å². The Morgan fingerprint density at radius 3 is 2.00 bits per heavy atom. The molecule has 0 radical (unpaired) electrons. The molecule has 3 unspecified atom stereocenters. The Morgan fingerprint density at radius 2 is 1.50 bits per heavy atom. The number of carbonyl (C=O) groups is 4. The van der Waals surface area contributed by atoms with Crippen molar-refractivity contribution in [2.45, 2.75) is 118 Å². The summed E-state index contributed by atoms with van der Waals surface area (Å²) in [6.45, 7) is 17.2. The van der Waals surface area contributed by atoms with Gasteiger partial charge >= 0.3 is 6.09 Å². The molecular weight excluding hydrogens is 556 g/mol. The van der Waals surface area contributed by atoms with E-state index in [1.54, 1.807) is 25.7 Å². The summed E-state index contributed by atoms with van der Waals surface area (Å²) in [5.74, 6) is -1.10. The standard InChI is InChI=1S/C35H52N4O5/c1-10-26-16-18-27(19-17-26)31(32(41)38-30-23(4)12-11-13-24(30)5)39(25(6)15-14-22(2)3)33(42)28(20-21-29(36)40)37-34(43)44-35(7,8)9/h11-13,16-19,22,25,28,31H,10,14-15,20-21H2,1-9H3,(H2,36,40)(H,37,43)(H,38,41). The van der Waals surface area contributed by atoms with Crippen molar-refractivity contribution in [3.63, 3.8) is 0 Å². The van der Waals surface area contributed by atoms with Crippen LogP contribution in [-0.4, -0.2) is 46.4 Å². The number of nitrogens with two attached hydrogens (primary N) is 1. The van der Waals surface area contributed by atoms with E-state index in [2.05, 4.69) is 31.4 Å². The number of amides is 4. The fourth-order valence-corrected chi connectivity index (χ4v) is 5.06. The Hall–Kier alpha value is -3.88. The number of ether oxygens (including phenoxy) is 1. The molecule has 2 aromatic carbocycles. The molecule has 4 N–H and O–H groups in total. The molecule has 2 aromatic rings. The number of rotatable bonds is 14. The zero-order valence-corrected chi connectivity index (χ0v) is 28.0. The Kier molecular flexibility index (Phi) is 13.4. The van der Waals surface area contributed by atoms with Gasteiger partial charge in [-0.25, -0.2) is 4.79 Å². The lowest BCUT2D eigenvalue weighted by Crippen LogP contribution is -2.55. The minimum Gasteiger partial charge on any atom is -0.444 e. The summed E-state index contributed by atoms with van der Waals surface area (Å²) in [7, 11) is 0. The smallest absolute Gasteiger partial charge is 0.408 e. The highest BCUT2D eigenvalue weighted by Crippen LogP contribution is 2.31. The number of hydrogen-bond donors (Lipinski definition) is 3. The summed E-state index contributed by atoms with van der Waals surface area (Å²) < 4.78 is 5.45. The van der Waals surface area contributed by atoms with Gasteiger partial charge in [-0.2, -0.15) is 0 Å². The Bertz CT molecular complexity index is 1260. The van der Waals surface area contributed by atoms with E-state index in [0.29, 0.717) is 23.6 Å². The summed E-state index contributed by atoms with van der Waals surface area (Å²) in [4.78, 5) is 55.2. The van der Waals surface area contributed by atoms with Gasteiger partial charge in [-0.15, -0.1) is 0 Å². The molecule has 0 aliphatic carbocycles. The third-order valence-corrected chi connectivity index (χ3v) is 7.52. The average molecular weight is 609 g/mol. The minimum absolute atomic E-state index is 0.0408. The van der Waals surface area contributed by atoms with Crippen molar-refractivity contribution in [1.82, 2.24) is 10.2 Å². The van der Waals surface area contributed by atoms with E-state index in [1.807, 2.05) is 63.2 Å². The molecule has 0 bridgehead atoms. The summed E-state index contributed by atoms with van der Waals surface area (Å²) in [5.41, 5.74) is 8.87. The van der Waals surface area contributed by atoms with Crippen LogP contribution in [-0.2, 0) is 25.5 Å². The molecular formula is C35H52N4O5. The van der Waals surface area contributed by atoms with Crippen LogP contribution in [0, 0.1) is 19.8 Å². The molecule has 0 aliphatic heterocycles. The fourth-order valence-electron chi connectivity index (χ4n) is 5.06. The van der Waals surface area contributed by atoms with Gasteiger partial charge in [-0.3, -0.25) is 14.4 Å². The third-order valence-electron chi connectivity index (χ3n) is 7.52. The van der Waals surface area contributed by atoms with Crippen LogP contribution in [0.2, 0.25) is 0 Å². The lowest BCUT2D eigenvalue weighted by Gasteiger charge is -2.39.